The Balaban J connectivity index is 1.98. The van der Waals surface area contributed by atoms with Gasteiger partial charge in [-0.05, 0) is 36.9 Å². The van der Waals surface area contributed by atoms with Crippen molar-refractivity contribution < 1.29 is 4.74 Å². The minimum atomic E-state index is 0.591. The van der Waals surface area contributed by atoms with E-state index in [1.165, 1.54) is 12.8 Å². The Bertz CT molecular complexity index is 328. The lowest BCUT2D eigenvalue weighted by Crippen LogP contribution is -2.21. The third-order valence-corrected chi connectivity index (χ3v) is 3.14. The molecule has 0 saturated heterocycles. The van der Waals surface area contributed by atoms with Gasteiger partial charge in [0.1, 0.15) is 0 Å². The van der Waals surface area contributed by atoms with Crippen LogP contribution in [0.3, 0.4) is 0 Å². The number of benzene rings is 1. The van der Waals surface area contributed by atoms with Gasteiger partial charge in [0, 0.05) is 11.6 Å². The highest BCUT2D eigenvalue weighted by Gasteiger charge is 1.98. The van der Waals surface area contributed by atoms with Crippen LogP contribution in [0.1, 0.15) is 32.3 Å². The minimum Gasteiger partial charge on any atom is -0.375 e. The van der Waals surface area contributed by atoms with Crippen molar-refractivity contribution in [1.29, 1.82) is 0 Å². The summed E-state index contributed by atoms with van der Waals surface area (Å²) in [6, 6.07) is 7.81. The second-order valence-corrected chi connectivity index (χ2v) is 5.34. The van der Waals surface area contributed by atoms with Crippen LogP contribution >= 0.6 is 11.6 Å². The molecule has 0 radical (unpaired) electrons. The smallest absolute Gasteiger partial charge is 0.0731 e. The van der Waals surface area contributed by atoms with Crippen LogP contribution in [-0.4, -0.2) is 19.7 Å². The lowest BCUT2D eigenvalue weighted by molar-refractivity contribution is 0.123. The first kappa shape index (κ1) is 15.5. The van der Waals surface area contributed by atoms with Crippen LogP contribution in [0.4, 0.5) is 0 Å². The lowest BCUT2D eigenvalue weighted by atomic mass is 10.1. The van der Waals surface area contributed by atoms with Gasteiger partial charge >= 0.3 is 0 Å². The normalized spacial score (nSPS) is 11.1. The molecule has 3 heteroatoms. The number of hydrogen-bond donors (Lipinski definition) is 1. The summed E-state index contributed by atoms with van der Waals surface area (Å²) in [5.74, 6) is 0.795. The molecule has 2 nitrogen and oxygen atoms in total. The predicted octanol–water partition coefficient (Wildman–Crippen LogP) is 3.88. The van der Waals surface area contributed by atoms with Gasteiger partial charge in [-0.25, -0.2) is 0 Å². The van der Waals surface area contributed by atoms with E-state index in [-0.39, 0.29) is 0 Å². The molecule has 0 aliphatic carbocycles. The van der Waals surface area contributed by atoms with Crippen LogP contribution in [0, 0.1) is 5.92 Å². The van der Waals surface area contributed by atoms with Gasteiger partial charge in [0.25, 0.3) is 0 Å². The number of rotatable bonds is 9. The maximum absolute atomic E-state index is 6.04. The monoisotopic (exact) mass is 269 g/mol. The molecule has 0 amide bonds. The van der Waals surface area contributed by atoms with Gasteiger partial charge in [0.05, 0.1) is 13.2 Å². The molecule has 1 aromatic carbocycles. The second kappa shape index (κ2) is 9.37. The van der Waals surface area contributed by atoms with Gasteiger partial charge in [0.2, 0.25) is 0 Å². The molecule has 0 aliphatic rings. The lowest BCUT2D eigenvalue weighted by Gasteiger charge is -2.08. The first-order chi connectivity index (χ1) is 8.70. The molecule has 1 aromatic rings. The van der Waals surface area contributed by atoms with Gasteiger partial charge in [-0.2, -0.15) is 0 Å². The summed E-state index contributed by atoms with van der Waals surface area (Å²) < 4.78 is 5.58. The first-order valence-electron chi connectivity index (χ1n) is 6.72. The molecule has 0 fully saturated rings. The molecule has 0 unspecified atom stereocenters. The zero-order valence-corrected chi connectivity index (χ0v) is 12.2. The Kier molecular flexibility index (Phi) is 8.06. The highest BCUT2D eigenvalue weighted by Crippen LogP contribution is 2.15. The average molecular weight is 270 g/mol. The molecule has 0 spiro atoms. The van der Waals surface area contributed by atoms with Crippen molar-refractivity contribution in [1.82, 2.24) is 5.32 Å². The molecule has 1 rings (SSSR count). The zero-order chi connectivity index (χ0) is 13.2. The molecule has 18 heavy (non-hydrogen) atoms. The molecule has 0 atom stereocenters. The summed E-state index contributed by atoms with van der Waals surface area (Å²) in [6.45, 7) is 7.82. The maximum atomic E-state index is 6.04. The topological polar surface area (TPSA) is 21.3 Å². The second-order valence-electron chi connectivity index (χ2n) is 4.93. The Morgan fingerprint density at radius 2 is 2.00 bits per heavy atom. The molecular weight excluding hydrogens is 246 g/mol. The third kappa shape index (κ3) is 7.00. The summed E-state index contributed by atoms with van der Waals surface area (Å²) >= 11 is 6.04. The zero-order valence-electron chi connectivity index (χ0n) is 11.4. The average Bonchev–Trinajstić information content (AvgIpc) is 2.34. The summed E-state index contributed by atoms with van der Waals surface area (Å²) in [4.78, 5) is 0. The van der Waals surface area contributed by atoms with Crippen molar-refractivity contribution in [2.45, 2.75) is 33.3 Å². The van der Waals surface area contributed by atoms with Crippen molar-refractivity contribution in [3.63, 3.8) is 0 Å². The molecule has 0 saturated carbocycles. The predicted molar refractivity (Wildman–Crippen MR) is 78.0 cm³/mol. The Hall–Kier alpha value is -0.570. The van der Waals surface area contributed by atoms with Gasteiger partial charge in [0.15, 0.2) is 0 Å². The Morgan fingerprint density at radius 1 is 1.22 bits per heavy atom. The molecule has 1 N–H and O–H groups in total. The molecule has 0 aromatic heterocycles. The fourth-order valence-corrected chi connectivity index (χ4v) is 1.89. The fraction of sp³-hybridized carbons (Fsp3) is 0.600. The highest BCUT2D eigenvalue weighted by molar-refractivity contribution is 6.31. The van der Waals surface area contributed by atoms with Gasteiger partial charge in [-0.15, -0.1) is 0 Å². The van der Waals surface area contributed by atoms with E-state index >= 15 is 0 Å². The van der Waals surface area contributed by atoms with Crippen molar-refractivity contribution in [2.75, 3.05) is 19.7 Å². The van der Waals surface area contributed by atoms with Crippen LogP contribution in [-0.2, 0) is 11.3 Å². The molecule has 102 valence electrons. The molecule has 0 bridgehead atoms. The molecular formula is C15H24ClNO. The van der Waals surface area contributed by atoms with Crippen LogP contribution in [0.25, 0.3) is 0 Å². The minimum absolute atomic E-state index is 0.591. The van der Waals surface area contributed by atoms with E-state index in [0.29, 0.717) is 6.61 Å². The largest absolute Gasteiger partial charge is 0.375 e. The van der Waals surface area contributed by atoms with Crippen molar-refractivity contribution in [3.8, 4) is 0 Å². The van der Waals surface area contributed by atoms with E-state index in [1.807, 2.05) is 24.3 Å². The van der Waals surface area contributed by atoms with Crippen molar-refractivity contribution in [2.24, 2.45) is 5.92 Å². The SMILES string of the molecule is CC(C)CCCNCCOCc1ccccc1Cl. The summed E-state index contributed by atoms with van der Waals surface area (Å²) in [7, 11) is 0. The Morgan fingerprint density at radius 3 is 2.72 bits per heavy atom. The fourth-order valence-electron chi connectivity index (χ4n) is 1.70. The van der Waals surface area contributed by atoms with Crippen LogP contribution in [0.15, 0.2) is 24.3 Å². The number of hydrogen-bond acceptors (Lipinski definition) is 2. The molecule has 0 heterocycles. The number of nitrogens with one attached hydrogen (secondary N) is 1. The van der Waals surface area contributed by atoms with Crippen LogP contribution < -0.4 is 5.32 Å². The van der Waals surface area contributed by atoms with Crippen molar-refractivity contribution in [3.05, 3.63) is 34.9 Å². The summed E-state index contributed by atoms with van der Waals surface area (Å²) in [5, 5.41) is 4.16. The number of ether oxygens (including phenoxy) is 1. The number of halogens is 1. The maximum Gasteiger partial charge on any atom is 0.0731 e. The third-order valence-electron chi connectivity index (χ3n) is 2.77. The van der Waals surface area contributed by atoms with E-state index in [2.05, 4.69) is 19.2 Å². The molecule has 0 aliphatic heterocycles. The van der Waals surface area contributed by atoms with E-state index in [0.717, 1.165) is 36.2 Å². The van der Waals surface area contributed by atoms with Gasteiger partial charge < -0.3 is 10.1 Å². The quantitative estimate of drug-likeness (QED) is 0.687. The summed E-state index contributed by atoms with van der Waals surface area (Å²) in [5.41, 5.74) is 1.05. The first-order valence-corrected chi connectivity index (χ1v) is 7.10. The van der Waals surface area contributed by atoms with Crippen LogP contribution in [0.5, 0.6) is 0 Å². The Labute approximate surface area is 116 Å². The highest BCUT2D eigenvalue weighted by atomic mass is 35.5. The van der Waals surface area contributed by atoms with Crippen LogP contribution in [0.2, 0.25) is 5.02 Å². The van der Waals surface area contributed by atoms with E-state index in [9.17, 15) is 0 Å². The van der Waals surface area contributed by atoms with Gasteiger partial charge in [-0.1, -0.05) is 43.6 Å². The van der Waals surface area contributed by atoms with E-state index < -0.39 is 0 Å². The van der Waals surface area contributed by atoms with Gasteiger partial charge in [-0.3, -0.25) is 0 Å². The summed E-state index contributed by atoms with van der Waals surface area (Å²) in [6.07, 6.45) is 2.52. The van der Waals surface area contributed by atoms with Crippen molar-refractivity contribution >= 4 is 11.6 Å². The van der Waals surface area contributed by atoms with E-state index in [1.54, 1.807) is 0 Å². The van der Waals surface area contributed by atoms with E-state index in [4.69, 9.17) is 16.3 Å². The standard InChI is InChI=1S/C15H24ClNO/c1-13(2)6-5-9-17-10-11-18-12-14-7-3-4-8-15(14)16/h3-4,7-8,13,17H,5-6,9-12H2,1-2H3.